The van der Waals surface area contributed by atoms with Crippen LogP contribution in [-0.4, -0.2) is 30.1 Å². The highest BCUT2D eigenvalue weighted by Crippen LogP contribution is 2.25. The highest BCUT2D eigenvalue weighted by Gasteiger charge is 2.31. The van der Waals surface area contributed by atoms with Crippen molar-refractivity contribution in [1.29, 1.82) is 0 Å². The quantitative estimate of drug-likeness (QED) is 0.888. The van der Waals surface area contributed by atoms with Crippen LogP contribution in [0.15, 0.2) is 15.9 Å². The highest BCUT2D eigenvalue weighted by molar-refractivity contribution is 9.10. The van der Waals surface area contributed by atoms with Gasteiger partial charge in [0, 0.05) is 46.4 Å². The maximum Gasteiger partial charge on any atom is 0.0332 e. The second-order valence-electron chi connectivity index (χ2n) is 6.23. The Morgan fingerprint density at radius 1 is 1.37 bits per heavy atom. The average Bonchev–Trinajstić information content (AvgIpc) is 2.74. The maximum absolute atomic E-state index is 3.72. The van der Waals surface area contributed by atoms with E-state index in [4.69, 9.17) is 0 Å². The fraction of sp³-hybridized carbons (Fsp3) is 0.733. The summed E-state index contributed by atoms with van der Waals surface area (Å²) in [6.45, 7) is 12.7. The van der Waals surface area contributed by atoms with Crippen LogP contribution in [0.2, 0.25) is 0 Å². The Kier molecular flexibility index (Phi) is 5.46. The van der Waals surface area contributed by atoms with E-state index in [9.17, 15) is 0 Å². The highest BCUT2D eigenvalue weighted by atomic mass is 79.9. The first-order valence-corrected chi connectivity index (χ1v) is 8.85. The van der Waals surface area contributed by atoms with Gasteiger partial charge < -0.3 is 5.32 Å². The normalized spacial score (nSPS) is 25.4. The lowest BCUT2D eigenvalue weighted by Gasteiger charge is -2.43. The molecule has 2 atom stereocenters. The Bertz CT molecular complexity index is 403. The first-order valence-electron chi connectivity index (χ1n) is 7.17. The van der Waals surface area contributed by atoms with Gasteiger partial charge in [0.05, 0.1) is 0 Å². The van der Waals surface area contributed by atoms with Crippen LogP contribution in [-0.2, 0) is 6.54 Å². The third kappa shape index (κ3) is 4.03. The van der Waals surface area contributed by atoms with E-state index >= 15 is 0 Å². The first kappa shape index (κ1) is 15.5. The van der Waals surface area contributed by atoms with Crippen LogP contribution in [0.1, 0.15) is 32.6 Å². The standard InChI is InChI=1S/C15H25BrN2S/c1-10(2)14-8-18(15(6-17-14)11(3)4)7-13-5-12(16)9-19-13/h5,9-11,14-15,17H,6-8H2,1-4H3. The lowest BCUT2D eigenvalue weighted by atomic mass is 9.94. The van der Waals surface area contributed by atoms with Crippen molar-refractivity contribution in [1.82, 2.24) is 10.2 Å². The number of nitrogens with one attached hydrogen (secondary N) is 1. The number of halogens is 1. The minimum Gasteiger partial charge on any atom is -0.311 e. The number of nitrogens with zero attached hydrogens (tertiary/aromatic N) is 1. The van der Waals surface area contributed by atoms with E-state index in [0.717, 1.165) is 19.6 Å². The zero-order valence-electron chi connectivity index (χ0n) is 12.3. The number of thiophene rings is 1. The molecule has 108 valence electrons. The van der Waals surface area contributed by atoms with Gasteiger partial charge in [-0.1, -0.05) is 27.7 Å². The predicted octanol–water partition coefficient (Wildman–Crippen LogP) is 3.97. The van der Waals surface area contributed by atoms with Crippen molar-refractivity contribution >= 4 is 27.3 Å². The van der Waals surface area contributed by atoms with E-state index in [0.29, 0.717) is 23.9 Å². The molecular formula is C15H25BrN2S. The summed E-state index contributed by atoms with van der Waals surface area (Å²) in [5.74, 6) is 1.40. The molecule has 2 heterocycles. The Morgan fingerprint density at radius 2 is 2.11 bits per heavy atom. The number of rotatable bonds is 4. The molecule has 1 aromatic heterocycles. The molecular weight excluding hydrogens is 320 g/mol. The van der Waals surface area contributed by atoms with E-state index < -0.39 is 0 Å². The first-order chi connectivity index (χ1) is 8.97. The van der Waals surface area contributed by atoms with Crippen LogP contribution < -0.4 is 5.32 Å². The number of hydrogen-bond donors (Lipinski definition) is 1. The monoisotopic (exact) mass is 344 g/mol. The summed E-state index contributed by atoms with van der Waals surface area (Å²) >= 11 is 5.41. The summed E-state index contributed by atoms with van der Waals surface area (Å²) < 4.78 is 1.21. The zero-order valence-corrected chi connectivity index (χ0v) is 14.7. The molecule has 19 heavy (non-hydrogen) atoms. The molecule has 1 aliphatic heterocycles. The molecule has 1 aromatic rings. The minimum atomic E-state index is 0.624. The van der Waals surface area contributed by atoms with Gasteiger partial charge in [-0.3, -0.25) is 4.90 Å². The Hall–Kier alpha value is 0.1000. The summed E-state index contributed by atoms with van der Waals surface area (Å²) in [4.78, 5) is 4.13. The molecule has 1 fully saturated rings. The van der Waals surface area contributed by atoms with Crippen molar-refractivity contribution in [2.45, 2.75) is 46.3 Å². The molecule has 1 aliphatic rings. The molecule has 0 aromatic carbocycles. The Morgan fingerprint density at radius 3 is 2.63 bits per heavy atom. The molecule has 0 radical (unpaired) electrons. The SMILES string of the molecule is CC(C)C1CN(Cc2cc(Br)cs2)C(C(C)C)CN1. The van der Waals surface area contributed by atoms with Crippen LogP contribution in [0.5, 0.6) is 0 Å². The van der Waals surface area contributed by atoms with Crippen LogP contribution in [0.25, 0.3) is 0 Å². The van der Waals surface area contributed by atoms with Crippen LogP contribution >= 0.6 is 27.3 Å². The predicted molar refractivity (Wildman–Crippen MR) is 87.7 cm³/mol. The van der Waals surface area contributed by atoms with Crippen molar-refractivity contribution in [2.24, 2.45) is 11.8 Å². The van der Waals surface area contributed by atoms with Gasteiger partial charge in [0.1, 0.15) is 0 Å². The van der Waals surface area contributed by atoms with Gasteiger partial charge in [0.25, 0.3) is 0 Å². The lowest BCUT2D eigenvalue weighted by Crippen LogP contribution is -2.59. The van der Waals surface area contributed by atoms with Gasteiger partial charge in [-0.25, -0.2) is 0 Å². The van der Waals surface area contributed by atoms with E-state index in [1.165, 1.54) is 9.35 Å². The summed E-state index contributed by atoms with van der Waals surface area (Å²) in [5.41, 5.74) is 0. The van der Waals surface area contributed by atoms with Gasteiger partial charge in [-0.2, -0.15) is 0 Å². The molecule has 1 saturated heterocycles. The zero-order chi connectivity index (χ0) is 14.0. The summed E-state index contributed by atoms with van der Waals surface area (Å²) in [6, 6.07) is 3.53. The molecule has 0 spiro atoms. The number of hydrogen-bond acceptors (Lipinski definition) is 3. The summed E-state index contributed by atoms with van der Waals surface area (Å²) in [5, 5.41) is 5.91. The second-order valence-corrected chi connectivity index (χ2v) is 8.14. The van der Waals surface area contributed by atoms with Gasteiger partial charge in [-0.15, -0.1) is 11.3 Å². The molecule has 4 heteroatoms. The molecule has 1 N–H and O–H groups in total. The molecule has 0 aliphatic carbocycles. The van der Waals surface area contributed by atoms with Crippen LogP contribution in [0.3, 0.4) is 0 Å². The smallest absolute Gasteiger partial charge is 0.0332 e. The molecule has 0 bridgehead atoms. The van der Waals surface area contributed by atoms with E-state index in [1.807, 2.05) is 11.3 Å². The third-order valence-electron chi connectivity index (χ3n) is 4.04. The van der Waals surface area contributed by atoms with Crippen molar-refractivity contribution in [2.75, 3.05) is 13.1 Å². The minimum absolute atomic E-state index is 0.624. The van der Waals surface area contributed by atoms with Gasteiger partial charge in [0.15, 0.2) is 0 Å². The average molecular weight is 345 g/mol. The van der Waals surface area contributed by atoms with E-state index in [-0.39, 0.29) is 0 Å². The van der Waals surface area contributed by atoms with Crippen LogP contribution in [0.4, 0.5) is 0 Å². The van der Waals surface area contributed by atoms with Crippen molar-refractivity contribution in [3.63, 3.8) is 0 Å². The molecule has 0 saturated carbocycles. The molecule has 0 amide bonds. The summed E-state index contributed by atoms with van der Waals surface area (Å²) in [7, 11) is 0. The van der Waals surface area contributed by atoms with Gasteiger partial charge >= 0.3 is 0 Å². The largest absolute Gasteiger partial charge is 0.311 e. The second kappa shape index (κ2) is 6.70. The summed E-state index contributed by atoms with van der Waals surface area (Å²) in [6.07, 6.45) is 0. The van der Waals surface area contributed by atoms with Gasteiger partial charge in [0.2, 0.25) is 0 Å². The van der Waals surface area contributed by atoms with Crippen molar-refractivity contribution in [3.05, 3.63) is 20.8 Å². The van der Waals surface area contributed by atoms with E-state index in [1.54, 1.807) is 0 Å². The lowest BCUT2D eigenvalue weighted by molar-refractivity contribution is 0.0793. The Balaban J connectivity index is 2.07. The van der Waals surface area contributed by atoms with Gasteiger partial charge in [-0.05, 0) is 33.8 Å². The van der Waals surface area contributed by atoms with Crippen molar-refractivity contribution < 1.29 is 0 Å². The fourth-order valence-electron chi connectivity index (χ4n) is 2.78. The number of piperazine rings is 1. The molecule has 2 unspecified atom stereocenters. The Labute approximate surface area is 129 Å². The fourth-order valence-corrected chi connectivity index (χ4v) is 4.25. The van der Waals surface area contributed by atoms with Crippen molar-refractivity contribution in [3.8, 4) is 0 Å². The van der Waals surface area contributed by atoms with E-state index in [2.05, 4.69) is 65.3 Å². The topological polar surface area (TPSA) is 15.3 Å². The maximum atomic E-state index is 3.72. The third-order valence-corrected chi connectivity index (χ3v) is 5.73. The molecule has 2 nitrogen and oxygen atoms in total. The van der Waals surface area contributed by atoms with Crippen LogP contribution in [0, 0.1) is 11.8 Å². The molecule has 2 rings (SSSR count).